The molecule has 0 aliphatic carbocycles. The van der Waals surface area contributed by atoms with Gasteiger partial charge in [-0.25, -0.2) is 0 Å². The Morgan fingerprint density at radius 3 is 2.71 bits per heavy atom. The highest BCUT2D eigenvalue weighted by Gasteiger charge is 2.25. The highest BCUT2D eigenvalue weighted by molar-refractivity contribution is 14.0. The van der Waals surface area contributed by atoms with E-state index in [1.54, 1.807) is 7.11 Å². The minimum Gasteiger partial charge on any atom is -0.384 e. The number of nitrogens with zero attached hydrogens (tertiary/aromatic N) is 4. The second-order valence-corrected chi connectivity index (χ2v) is 7.25. The number of hydrogen-bond acceptors (Lipinski definition) is 3. The zero-order chi connectivity index (χ0) is 19.2. The average Bonchev–Trinajstić information content (AvgIpc) is 3.23. The Morgan fingerprint density at radius 2 is 2.04 bits per heavy atom. The maximum absolute atomic E-state index is 5.30. The van der Waals surface area contributed by atoms with Gasteiger partial charge in [-0.3, -0.25) is 9.67 Å². The smallest absolute Gasteiger partial charge is 0.193 e. The number of halogens is 1. The van der Waals surface area contributed by atoms with Crippen LogP contribution in [-0.2, 0) is 17.8 Å². The van der Waals surface area contributed by atoms with Crippen molar-refractivity contribution < 1.29 is 4.74 Å². The number of hydrogen-bond donors (Lipinski definition) is 1. The fraction of sp³-hybridized carbons (Fsp3) is 0.524. The first-order chi connectivity index (χ1) is 13.1. The summed E-state index contributed by atoms with van der Waals surface area (Å²) in [5.74, 6) is 1.55. The van der Waals surface area contributed by atoms with Crippen molar-refractivity contribution >= 4 is 29.9 Å². The minimum absolute atomic E-state index is 0. The number of likely N-dealkylation sites (tertiary alicyclic amines) is 1. The van der Waals surface area contributed by atoms with Crippen LogP contribution in [0.3, 0.4) is 0 Å². The van der Waals surface area contributed by atoms with E-state index in [1.807, 2.05) is 13.1 Å². The van der Waals surface area contributed by atoms with Gasteiger partial charge in [0.25, 0.3) is 0 Å². The highest BCUT2D eigenvalue weighted by atomic mass is 127. The van der Waals surface area contributed by atoms with Crippen molar-refractivity contribution in [2.45, 2.75) is 33.4 Å². The third-order valence-corrected chi connectivity index (χ3v) is 5.33. The van der Waals surface area contributed by atoms with Crippen molar-refractivity contribution in [2.75, 3.05) is 33.9 Å². The van der Waals surface area contributed by atoms with E-state index >= 15 is 0 Å². The Labute approximate surface area is 185 Å². The normalized spacial score (nSPS) is 16.9. The molecule has 0 radical (unpaired) electrons. The van der Waals surface area contributed by atoms with Gasteiger partial charge in [-0.05, 0) is 25.8 Å². The molecular weight excluding hydrogens is 465 g/mol. The number of aryl methyl sites for hydroxylation is 1. The van der Waals surface area contributed by atoms with Crippen LogP contribution in [0, 0.1) is 19.8 Å². The van der Waals surface area contributed by atoms with Gasteiger partial charge in [-0.15, -0.1) is 24.0 Å². The van der Waals surface area contributed by atoms with Gasteiger partial charge < -0.3 is 15.0 Å². The van der Waals surface area contributed by atoms with Crippen molar-refractivity contribution in [1.29, 1.82) is 0 Å². The van der Waals surface area contributed by atoms with Crippen LogP contribution in [0.4, 0.5) is 0 Å². The summed E-state index contributed by atoms with van der Waals surface area (Å²) in [6.45, 7) is 8.61. The summed E-state index contributed by atoms with van der Waals surface area (Å²) in [6, 6.07) is 10.5. The minimum atomic E-state index is 0. The zero-order valence-electron chi connectivity index (χ0n) is 17.3. The van der Waals surface area contributed by atoms with Crippen LogP contribution in [0.2, 0.25) is 0 Å². The Morgan fingerprint density at radius 1 is 1.29 bits per heavy atom. The number of aromatic nitrogens is 2. The van der Waals surface area contributed by atoms with Gasteiger partial charge in [0, 0.05) is 51.0 Å². The topological polar surface area (TPSA) is 54.7 Å². The average molecular weight is 497 g/mol. The van der Waals surface area contributed by atoms with E-state index in [0.717, 1.165) is 50.9 Å². The standard InChI is InChI=1S/C21H31N5O.HI/c1-16-20(17(2)26(24-16)14-18-8-6-5-7-9-18)12-23-21(22-3)25-11-10-19(13-25)15-27-4;/h5-9,19H,10-15H2,1-4H3,(H,22,23);1H. The molecular formula is C21H32IN5O. The van der Waals surface area contributed by atoms with Gasteiger partial charge in [0.05, 0.1) is 18.8 Å². The lowest BCUT2D eigenvalue weighted by Gasteiger charge is -2.21. The van der Waals surface area contributed by atoms with Crippen LogP contribution in [0.1, 0.15) is 28.9 Å². The molecule has 0 amide bonds. The Hall–Kier alpha value is -1.61. The summed E-state index contributed by atoms with van der Waals surface area (Å²) in [4.78, 5) is 6.80. The molecule has 0 saturated carbocycles. The van der Waals surface area contributed by atoms with E-state index in [2.05, 4.69) is 58.0 Å². The van der Waals surface area contributed by atoms with Gasteiger partial charge in [-0.2, -0.15) is 5.10 Å². The molecule has 1 saturated heterocycles. The van der Waals surface area contributed by atoms with E-state index in [9.17, 15) is 0 Å². The van der Waals surface area contributed by atoms with Crippen LogP contribution in [0.25, 0.3) is 0 Å². The molecule has 1 N–H and O–H groups in total. The van der Waals surface area contributed by atoms with Crippen LogP contribution in [-0.4, -0.2) is 54.5 Å². The Kier molecular flexibility index (Phi) is 8.75. The van der Waals surface area contributed by atoms with E-state index in [4.69, 9.17) is 9.84 Å². The van der Waals surface area contributed by atoms with Crippen LogP contribution >= 0.6 is 24.0 Å². The molecule has 2 heterocycles. The first-order valence-electron chi connectivity index (χ1n) is 9.63. The number of aliphatic imine (C=N–C) groups is 1. The molecule has 1 aromatic heterocycles. The highest BCUT2D eigenvalue weighted by Crippen LogP contribution is 2.18. The van der Waals surface area contributed by atoms with Crippen LogP contribution in [0.5, 0.6) is 0 Å². The molecule has 154 valence electrons. The van der Waals surface area contributed by atoms with Crippen molar-refractivity contribution in [1.82, 2.24) is 20.0 Å². The number of benzene rings is 1. The van der Waals surface area contributed by atoms with Crippen molar-refractivity contribution in [3.05, 3.63) is 52.8 Å². The van der Waals surface area contributed by atoms with Gasteiger partial charge in [-0.1, -0.05) is 30.3 Å². The lowest BCUT2D eigenvalue weighted by molar-refractivity contribution is 0.157. The number of nitrogens with one attached hydrogen (secondary N) is 1. The van der Waals surface area contributed by atoms with E-state index in [-0.39, 0.29) is 24.0 Å². The SMILES string of the molecule is CN=C(NCc1c(C)nn(Cc2ccccc2)c1C)N1CCC(COC)C1.I. The van der Waals surface area contributed by atoms with Gasteiger partial charge in [0.1, 0.15) is 0 Å². The number of guanidine groups is 1. The summed E-state index contributed by atoms with van der Waals surface area (Å²) in [5.41, 5.74) is 4.79. The molecule has 1 aliphatic heterocycles. The summed E-state index contributed by atoms with van der Waals surface area (Å²) >= 11 is 0. The van der Waals surface area contributed by atoms with Crippen LogP contribution in [0.15, 0.2) is 35.3 Å². The zero-order valence-corrected chi connectivity index (χ0v) is 19.6. The van der Waals surface area contributed by atoms with Gasteiger partial charge in [0.15, 0.2) is 5.96 Å². The van der Waals surface area contributed by atoms with Crippen molar-refractivity contribution in [3.8, 4) is 0 Å². The first kappa shape index (κ1) is 22.7. The fourth-order valence-corrected chi connectivity index (χ4v) is 3.80. The molecule has 7 heteroatoms. The lowest BCUT2D eigenvalue weighted by Crippen LogP contribution is -2.40. The van der Waals surface area contributed by atoms with Gasteiger partial charge in [0.2, 0.25) is 0 Å². The quantitative estimate of drug-likeness (QED) is 0.379. The largest absolute Gasteiger partial charge is 0.384 e. The molecule has 1 unspecified atom stereocenters. The predicted octanol–water partition coefficient (Wildman–Crippen LogP) is 3.21. The maximum atomic E-state index is 5.30. The number of rotatable bonds is 6. The molecule has 1 aromatic carbocycles. The van der Waals surface area contributed by atoms with Gasteiger partial charge >= 0.3 is 0 Å². The van der Waals surface area contributed by atoms with E-state index in [0.29, 0.717) is 5.92 Å². The Balaban J connectivity index is 0.00000280. The molecule has 1 fully saturated rings. The van der Waals surface area contributed by atoms with E-state index in [1.165, 1.54) is 16.8 Å². The molecule has 2 aromatic rings. The number of ether oxygens (including phenoxy) is 1. The predicted molar refractivity (Wildman–Crippen MR) is 124 cm³/mol. The van der Waals surface area contributed by atoms with Crippen molar-refractivity contribution in [3.63, 3.8) is 0 Å². The molecule has 0 bridgehead atoms. The lowest BCUT2D eigenvalue weighted by atomic mass is 10.1. The summed E-state index contributed by atoms with van der Waals surface area (Å²) in [6.07, 6.45) is 1.15. The monoisotopic (exact) mass is 497 g/mol. The molecule has 1 atom stereocenters. The molecule has 28 heavy (non-hydrogen) atoms. The maximum Gasteiger partial charge on any atom is 0.193 e. The Bertz CT molecular complexity index is 775. The van der Waals surface area contributed by atoms with E-state index < -0.39 is 0 Å². The summed E-state index contributed by atoms with van der Waals surface area (Å²) in [7, 11) is 3.62. The summed E-state index contributed by atoms with van der Waals surface area (Å²) in [5, 5.41) is 8.28. The molecule has 3 rings (SSSR count). The molecule has 6 nitrogen and oxygen atoms in total. The second kappa shape index (κ2) is 10.8. The first-order valence-corrected chi connectivity index (χ1v) is 9.63. The summed E-state index contributed by atoms with van der Waals surface area (Å²) < 4.78 is 7.39. The third-order valence-electron chi connectivity index (χ3n) is 5.33. The third kappa shape index (κ3) is 5.47. The molecule has 0 spiro atoms. The number of methoxy groups -OCH3 is 1. The van der Waals surface area contributed by atoms with Crippen LogP contribution < -0.4 is 5.32 Å². The molecule has 1 aliphatic rings. The van der Waals surface area contributed by atoms with Crippen molar-refractivity contribution in [2.24, 2.45) is 10.9 Å². The second-order valence-electron chi connectivity index (χ2n) is 7.25. The fourth-order valence-electron chi connectivity index (χ4n) is 3.80.